The van der Waals surface area contributed by atoms with E-state index in [1.54, 1.807) is 17.4 Å². The van der Waals surface area contributed by atoms with Crippen LogP contribution in [0.15, 0.2) is 22.0 Å². The Bertz CT molecular complexity index is 438. The first-order chi connectivity index (χ1) is 5.70. The molecule has 0 aliphatic heterocycles. The summed E-state index contributed by atoms with van der Waals surface area (Å²) in [4.78, 5) is 0. The Morgan fingerprint density at radius 2 is 2.25 bits per heavy atom. The van der Waals surface area contributed by atoms with E-state index in [9.17, 15) is 5.11 Å². The molecule has 0 amide bonds. The van der Waals surface area contributed by atoms with Crippen LogP contribution in [0.2, 0.25) is 0 Å². The van der Waals surface area contributed by atoms with Crippen LogP contribution in [0.4, 0.5) is 5.69 Å². The van der Waals surface area contributed by atoms with Crippen molar-refractivity contribution in [2.24, 2.45) is 0 Å². The van der Waals surface area contributed by atoms with E-state index in [0.717, 1.165) is 10.1 Å². The molecule has 0 saturated carbocycles. The molecule has 0 spiro atoms. The number of nitrogens with two attached hydrogens (primary N) is 1. The molecule has 4 heteroatoms. The Hall–Kier alpha value is -0.740. The zero-order valence-corrected chi connectivity index (χ0v) is 8.45. The molecule has 12 heavy (non-hydrogen) atoms. The van der Waals surface area contributed by atoms with E-state index in [2.05, 4.69) is 15.9 Å². The van der Waals surface area contributed by atoms with Crippen molar-refractivity contribution in [2.45, 2.75) is 0 Å². The van der Waals surface area contributed by atoms with Crippen molar-refractivity contribution < 1.29 is 5.11 Å². The number of phenolic OH excluding ortho intramolecular Hbond substituents is 1. The van der Waals surface area contributed by atoms with Crippen molar-refractivity contribution in [2.75, 3.05) is 5.73 Å². The molecule has 0 aliphatic carbocycles. The average Bonchev–Trinajstić information content (AvgIpc) is 2.48. The molecule has 62 valence electrons. The first-order valence-electron chi connectivity index (χ1n) is 3.34. The summed E-state index contributed by atoms with van der Waals surface area (Å²) in [5.74, 6) is 0.197. The number of hydrogen-bond donors (Lipinski definition) is 2. The predicted molar refractivity (Wildman–Crippen MR) is 55.6 cm³/mol. The summed E-state index contributed by atoms with van der Waals surface area (Å²) >= 11 is 4.78. The van der Waals surface area contributed by atoms with Gasteiger partial charge in [-0.15, -0.1) is 11.3 Å². The number of nitrogen functional groups attached to an aromatic ring is 1. The van der Waals surface area contributed by atoms with Gasteiger partial charge in [-0.3, -0.25) is 0 Å². The van der Waals surface area contributed by atoms with Gasteiger partial charge in [0.25, 0.3) is 0 Å². The maximum atomic E-state index is 9.40. The largest absolute Gasteiger partial charge is 0.507 e. The predicted octanol–water partition coefficient (Wildman–Crippen LogP) is 2.95. The second-order valence-electron chi connectivity index (χ2n) is 2.46. The van der Waals surface area contributed by atoms with Crippen LogP contribution in [0.3, 0.4) is 0 Å². The summed E-state index contributed by atoms with van der Waals surface area (Å²) in [6, 6.07) is 3.65. The van der Waals surface area contributed by atoms with Crippen molar-refractivity contribution in [1.29, 1.82) is 0 Å². The number of fused-ring (bicyclic) bond motifs is 1. The lowest BCUT2D eigenvalue weighted by molar-refractivity contribution is 0.473. The van der Waals surface area contributed by atoms with Crippen LogP contribution in [0.25, 0.3) is 10.1 Å². The fraction of sp³-hybridized carbons (Fsp3) is 0. The highest BCUT2D eigenvalue weighted by Crippen LogP contribution is 2.38. The van der Waals surface area contributed by atoms with Gasteiger partial charge in [0.1, 0.15) is 5.75 Å². The van der Waals surface area contributed by atoms with Crippen molar-refractivity contribution in [3.63, 3.8) is 0 Å². The van der Waals surface area contributed by atoms with E-state index in [1.807, 2.05) is 11.4 Å². The SMILES string of the molecule is Nc1c(Br)c(O)cc2sccc12. The zero-order chi connectivity index (χ0) is 8.72. The number of aromatic hydroxyl groups is 1. The van der Waals surface area contributed by atoms with Crippen LogP contribution in [-0.2, 0) is 0 Å². The number of hydrogen-bond acceptors (Lipinski definition) is 3. The minimum atomic E-state index is 0.197. The maximum Gasteiger partial charge on any atom is 0.133 e. The first kappa shape index (κ1) is 7.89. The second kappa shape index (κ2) is 2.64. The quantitative estimate of drug-likeness (QED) is 0.700. The Morgan fingerprint density at radius 3 is 3.00 bits per heavy atom. The van der Waals surface area contributed by atoms with E-state index < -0.39 is 0 Å². The molecular formula is C8H6BrNOS. The van der Waals surface area contributed by atoms with Gasteiger partial charge in [-0.2, -0.15) is 0 Å². The van der Waals surface area contributed by atoms with Crippen LogP contribution in [0.5, 0.6) is 5.75 Å². The topological polar surface area (TPSA) is 46.2 Å². The molecule has 0 saturated heterocycles. The third-order valence-corrected chi connectivity index (χ3v) is 3.41. The number of halogens is 1. The van der Waals surface area contributed by atoms with Gasteiger partial charge in [-0.25, -0.2) is 0 Å². The molecule has 0 aliphatic rings. The average molecular weight is 244 g/mol. The fourth-order valence-corrected chi connectivity index (χ4v) is 2.26. The van der Waals surface area contributed by atoms with Crippen LogP contribution in [0, 0.1) is 0 Å². The van der Waals surface area contributed by atoms with Crippen molar-refractivity contribution in [3.05, 3.63) is 22.0 Å². The lowest BCUT2D eigenvalue weighted by Crippen LogP contribution is -1.86. The number of thiophene rings is 1. The molecule has 2 rings (SSSR count). The molecule has 0 bridgehead atoms. The van der Waals surface area contributed by atoms with E-state index in [1.165, 1.54) is 0 Å². The van der Waals surface area contributed by atoms with E-state index in [0.29, 0.717) is 10.2 Å². The molecule has 0 radical (unpaired) electrons. The van der Waals surface area contributed by atoms with Crippen LogP contribution < -0.4 is 5.73 Å². The molecule has 2 nitrogen and oxygen atoms in total. The number of anilines is 1. The minimum Gasteiger partial charge on any atom is -0.507 e. The van der Waals surface area contributed by atoms with Gasteiger partial charge in [0.15, 0.2) is 0 Å². The monoisotopic (exact) mass is 243 g/mol. The van der Waals surface area contributed by atoms with E-state index in [4.69, 9.17) is 5.73 Å². The number of benzene rings is 1. The van der Waals surface area contributed by atoms with Crippen LogP contribution in [0.1, 0.15) is 0 Å². The van der Waals surface area contributed by atoms with E-state index >= 15 is 0 Å². The van der Waals surface area contributed by atoms with E-state index in [-0.39, 0.29) is 5.75 Å². The summed E-state index contributed by atoms with van der Waals surface area (Å²) in [7, 11) is 0. The number of rotatable bonds is 0. The Balaban J connectivity index is 2.94. The normalized spacial score (nSPS) is 10.8. The van der Waals surface area contributed by atoms with Gasteiger partial charge < -0.3 is 10.8 Å². The summed E-state index contributed by atoms with van der Waals surface area (Å²) in [5.41, 5.74) is 6.37. The van der Waals surface area contributed by atoms with Gasteiger partial charge >= 0.3 is 0 Å². The van der Waals surface area contributed by atoms with Gasteiger partial charge in [-0.1, -0.05) is 0 Å². The Morgan fingerprint density at radius 1 is 1.50 bits per heavy atom. The summed E-state index contributed by atoms with van der Waals surface area (Å²) < 4.78 is 1.58. The zero-order valence-electron chi connectivity index (χ0n) is 6.04. The molecule has 3 N–H and O–H groups in total. The molecule has 0 fully saturated rings. The summed E-state index contributed by atoms with van der Waals surface area (Å²) in [6.07, 6.45) is 0. The second-order valence-corrected chi connectivity index (χ2v) is 4.20. The van der Waals surface area contributed by atoms with Crippen LogP contribution >= 0.6 is 27.3 Å². The Kier molecular flexibility index (Phi) is 1.73. The summed E-state index contributed by atoms with van der Waals surface area (Å²) in [6.45, 7) is 0. The highest BCUT2D eigenvalue weighted by Gasteiger charge is 2.07. The smallest absolute Gasteiger partial charge is 0.133 e. The third kappa shape index (κ3) is 0.990. The van der Waals surface area contributed by atoms with Gasteiger partial charge in [0.05, 0.1) is 10.2 Å². The third-order valence-electron chi connectivity index (χ3n) is 1.71. The highest BCUT2D eigenvalue weighted by atomic mass is 79.9. The molecule has 0 atom stereocenters. The van der Waals surface area contributed by atoms with Gasteiger partial charge in [-0.05, 0) is 33.4 Å². The van der Waals surface area contributed by atoms with Crippen molar-refractivity contribution in [3.8, 4) is 5.75 Å². The van der Waals surface area contributed by atoms with Crippen LogP contribution in [-0.4, -0.2) is 5.11 Å². The summed E-state index contributed by atoms with van der Waals surface area (Å²) in [5, 5.41) is 12.3. The van der Waals surface area contributed by atoms with Crippen molar-refractivity contribution >= 4 is 43.0 Å². The molecular weight excluding hydrogens is 238 g/mol. The lowest BCUT2D eigenvalue weighted by Gasteiger charge is -2.02. The van der Waals surface area contributed by atoms with Gasteiger partial charge in [0.2, 0.25) is 0 Å². The molecule has 1 heterocycles. The first-order valence-corrected chi connectivity index (χ1v) is 5.01. The van der Waals surface area contributed by atoms with Gasteiger partial charge in [0, 0.05) is 10.1 Å². The molecule has 0 unspecified atom stereocenters. The molecule has 2 aromatic rings. The molecule has 1 aromatic carbocycles. The number of phenols is 1. The lowest BCUT2D eigenvalue weighted by atomic mass is 10.2. The standard InChI is InChI=1S/C8H6BrNOS/c9-7-5(11)3-6-4(8(7)10)1-2-12-6/h1-3,11H,10H2. The maximum absolute atomic E-state index is 9.40. The Labute approximate surface area is 81.8 Å². The molecule has 1 aromatic heterocycles. The fourth-order valence-electron chi connectivity index (χ4n) is 1.10. The highest BCUT2D eigenvalue weighted by molar-refractivity contribution is 9.10. The minimum absolute atomic E-state index is 0.197. The van der Waals surface area contributed by atoms with Crippen molar-refractivity contribution in [1.82, 2.24) is 0 Å².